The molecule has 0 unspecified atom stereocenters. The van der Waals surface area contributed by atoms with E-state index in [0.29, 0.717) is 25.3 Å². The summed E-state index contributed by atoms with van der Waals surface area (Å²) in [5, 5.41) is 0. The molecule has 1 aromatic carbocycles. The average Bonchev–Trinajstić information content (AvgIpc) is 2.60. The van der Waals surface area contributed by atoms with Crippen molar-refractivity contribution < 1.29 is 13.2 Å². The number of thioether (sulfide) groups is 1. The Hall–Kier alpha value is -1.09. The average molecular weight is 370 g/mol. The van der Waals surface area contributed by atoms with E-state index >= 15 is 0 Å². The quantitative estimate of drug-likeness (QED) is 0.807. The Bertz CT molecular complexity index is 728. The van der Waals surface area contributed by atoms with Crippen LogP contribution in [-0.2, 0) is 14.8 Å². The molecule has 2 aliphatic heterocycles. The number of rotatable bonds is 3. The predicted octanol–water partition coefficient (Wildman–Crippen LogP) is 1.47. The molecule has 132 valence electrons. The molecular weight excluding hydrogens is 346 g/mol. The lowest BCUT2D eigenvalue weighted by atomic mass is 10.2. The van der Waals surface area contributed by atoms with E-state index in [4.69, 9.17) is 0 Å². The monoisotopic (exact) mass is 369 g/mol. The molecule has 8 heteroatoms. The molecule has 0 N–H and O–H groups in total. The fourth-order valence-corrected chi connectivity index (χ4v) is 5.54. The second-order valence-electron chi connectivity index (χ2n) is 5.99. The third-order valence-electron chi connectivity index (χ3n) is 4.59. The predicted molar refractivity (Wildman–Crippen MR) is 96.1 cm³/mol. The van der Waals surface area contributed by atoms with Crippen molar-refractivity contribution in [1.29, 1.82) is 0 Å². The molecule has 0 bridgehead atoms. The maximum Gasteiger partial charge on any atom is 0.243 e. The lowest BCUT2D eigenvalue weighted by molar-refractivity contribution is -0.116. The molecule has 0 atom stereocenters. The number of likely N-dealkylation sites (N-methyl/N-ethyl adjacent to an activating group) is 1. The smallest absolute Gasteiger partial charge is 0.243 e. The van der Waals surface area contributed by atoms with Crippen LogP contribution in [0.5, 0.6) is 0 Å². The number of amides is 1. The second kappa shape index (κ2) is 7.03. The fourth-order valence-electron chi connectivity index (χ4n) is 3.12. The van der Waals surface area contributed by atoms with Gasteiger partial charge in [-0.2, -0.15) is 4.31 Å². The molecule has 0 aromatic heterocycles. The molecule has 0 spiro atoms. The van der Waals surface area contributed by atoms with E-state index in [0.717, 1.165) is 30.3 Å². The summed E-state index contributed by atoms with van der Waals surface area (Å²) in [4.78, 5) is 17.0. The summed E-state index contributed by atoms with van der Waals surface area (Å²) in [6.45, 7) is 7.71. The Morgan fingerprint density at radius 2 is 1.88 bits per heavy atom. The standard InChI is InChI=1S/C16H23N3O3S2/c1-3-17-6-8-18(9-7-17)24(21,22)14-4-5-16-15(12-14)19(13(2)20)10-11-23-16/h4-5,12H,3,6-11H2,1-2H3. The summed E-state index contributed by atoms with van der Waals surface area (Å²) in [6, 6.07) is 5.14. The van der Waals surface area contributed by atoms with Gasteiger partial charge >= 0.3 is 0 Å². The highest BCUT2D eigenvalue weighted by Crippen LogP contribution is 2.37. The molecule has 1 aromatic rings. The van der Waals surface area contributed by atoms with Gasteiger partial charge in [0.25, 0.3) is 0 Å². The molecule has 0 radical (unpaired) electrons. The maximum atomic E-state index is 12.9. The number of sulfonamides is 1. The first-order valence-electron chi connectivity index (χ1n) is 8.21. The number of anilines is 1. The van der Waals surface area contributed by atoms with E-state index in [1.165, 1.54) is 6.92 Å². The number of piperazine rings is 1. The fraction of sp³-hybridized carbons (Fsp3) is 0.562. The van der Waals surface area contributed by atoms with Gasteiger partial charge in [-0.25, -0.2) is 8.42 Å². The van der Waals surface area contributed by atoms with Gasteiger partial charge in [-0.1, -0.05) is 6.92 Å². The van der Waals surface area contributed by atoms with Crippen LogP contribution < -0.4 is 4.90 Å². The van der Waals surface area contributed by atoms with Crippen LogP contribution in [0.25, 0.3) is 0 Å². The summed E-state index contributed by atoms with van der Waals surface area (Å²) in [5.41, 5.74) is 0.715. The van der Waals surface area contributed by atoms with Gasteiger partial charge in [-0.15, -0.1) is 11.8 Å². The molecule has 6 nitrogen and oxygen atoms in total. The zero-order valence-corrected chi connectivity index (χ0v) is 15.7. The number of carbonyl (C=O) groups excluding carboxylic acids is 1. The van der Waals surface area contributed by atoms with Gasteiger partial charge in [0, 0.05) is 50.3 Å². The van der Waals surface area contributed by atoms with Gasteiger partial charge < -0.3 is 9.80 Å². The summed E-state index contributed by atoms with van der Waals surface area (Å²) in [7, 11) is -3.52. The van der Waals surface area contributed by atoms with E-state index < -0.39 is 10.0 Å². The molecule has 1 amide bonds. The van der Waals surface area contributed by atoms with Crippen LogP contribution in [0, 0.1) is 0 Å². The van der Waals surface area contributed by atoms with Crippen LogP contribution in [0.2, 0.25) is 0 Å². The first-order valence-corrected chi connectivity index (χ1v) is 10.6. The van der Waals surface area contributed by atoms with Crippen molar-refractivity contribution in [3.63, 3.8) is 0 Å². The highest BCUT2D eigenvalue weighted by molar-refractivity contribution is 7.99. The number of nitrogens with zero attached hydrogens (tertiary/aromatic N) is 3. The van der Waals surface area contributed by atoms with Crippen molar-refractivity contribution in [2.24, 2.45) is 0 Å². The van der Waals surface area contributed by atoms with Gasteiger partial charge in [0.15, 0.2) is 0 Å². The van der Waals surface area contributed by atoms with Gasteiger partial charge in [-0.3, -0.25) is 4.79 Å². The van der Waals surface area contributed by atoms with Crippen molar-refractivity contribution in [3.8, 4) is 0 Å². The Labute approximate surface area is 147 Å². The third kappa shape index (κ3) is 3.33. The summed E-state index contributed by atoms with van der Waals surface area (Å²) >= 11 is 1.66. The van der Waals surface area contributed by atoms with E-state index in [2.05, 4.69) is 11.8 Å². The van der Waals surface area contributed by atoms with Crippen LogP contribution in [0.15, 0.2) is 28.0 Å². The zero-order valence-electron chi connectivity index (χ0n) is 14.1. The molecule has 1 fully saturated rings. The molecule has 24 heavy (non-hydrogen) atoms. The Kier molecular flexibility index (Phi) is 5.19. The summed E-state index contributed by atoms with van der Waals surface area (Å²) in [5.74, 6) is 0.778. The van der Waals surface area contributed by atoms with Gasteiger partial charge in [0.2, 0.25) is 15.9 Å². The molecule has 2 aliphatic rings. The lowest BCUT2D eigenvalue weighted by Crippen LogP contribution is -2.48. The van der Waals surface area contributed by atoms with Crippen molar-refractivity contribution in [2.45, 2.75) is 23.6 Å². The van der Waals surface area contributed by atoms with E-state index in [1.54, 1.807) is 33.1 Å². The SMILES string of the molecule is CCN1CCN(S(=O)(=O)c2ccc3c(c2)N(C(C)=O)CCS3)CC1. The van der Waals surface area contributed by atoms with Gasteiger partial charge in [0.05, 0.1) is 10.6 Å². The van der Waals surface area contributed by atoms with Gasteiger partial charge in [0.1, 0.15) is 0 Å². The minimum Gasteiger partial charge on any atom is -0.311 e. The van der Waals surface area contributed by atoms with Crippen molar-refractivity contribution in [2.75, 3.05) is 49.9 Å². The molecule has 2 heterocycles. The highest BCUT2D eigenvalue weighted by atomic mass is 32.2. The van der Waals surface area contributed by atoms with Crippen molar-refractivity contribution >= 4 is 33.4 Å². The largest absolute Gasteiger partial charge is 0.311 e. The Morgan fingerprint density at radius 1 is 1.17 bits per heavy atom. The number of benzene rings is 1. The Balaban J connectivity index is 1.89. The number of fused-ring (bicyclic) bond motifs is 1. The van der Waals surface area contributed by atoms with Crippen LogP contribution in [-0.4, -0.2) is 68.6 Å². The molecule has 0 aliphatic carbocycles. The summed E-state index contributed by atoms with van der Waals surface area (Å²) < 4.78 is 27.4. The molecule has 1 saturated heterocycles. The van der Waals surface area contributed by atoms with Crippen molar-refractivity contribution in [1.82, 2.24) is 9.21 Å². The van der Waals surface area contributed by atoms with Crippen LogP contribution in [0.4, 0.5) is 5.69 Å². The minimum absolute atomic E-state index is 0.0531. The minimum atomic E-state index is -3.52. The lowest BCUT2D eigenvalue weighted by Gasteiger charge is -2.34. The van der Waals surface area contributed by atoms with E-state index in [-0.39, 0.29) is 10.8 Å². The molecular formula is C16H23N3O3S2. The van der Waals surface area contributed by atoms with Crippen LogP contribution >= 0.6 is 11.8 Å². The molecule has 3 rings (SSSR count). The first-order chi connectivity index (χ1) is 11.4. The Morgan fingerprint density at radius 3 is 2.50 bits per heavy atom. The number of hydrogen-bond acceptors (Lipinski definition) is 5. The second-order valence-corrected chi connectivity index (χ2v) is 9.06. The van der Waals surface area contributed by atoms with Crippen molar-refractivity contribution in [3.05, 3.63) is 18.2 Å². The van der Waals surface area contributed by atoms with Crippen LogP contribution in [0.1, 0.15) is 13.8 Å². The maximum absolute atomic E-state index is 12.9. The third-order valence-corrected chi connectivity index (χ3v) is 7.53. The van der Waals surface area contributed by atoms with Gasteiger partial charge in [-0.05, 0) is 24.7 Å². The topological polar surface area (TPSA) is 60.9 Å². The molecule has 0 saturated carbocycles. The zero-order chi connectivity index (χ0) is 17.3. The summed E-state index contributed by atoms with van der Waals surface area (Å²) in [6.07, 6.45) is 0. The first kappa shape index (κ1) is 17.7. The normalized spacial score (nSPS) is 20.0. The van der Waals surface area contributed by atoms with Crippen LogP contribution in [0.3, 0.4) is 0 Å². The number of carbonyl (C=O) groups is 1. The highest BCUT2D eigenvalue weighted by Gasteiger charge is 2.30. The number of hydrogen-bond donors (Lipinski definition) is 0. The van der Waals surface area contributed by atoms with E-state index in [1.807, 2.05) is 6.07 Å². The van der Waals surface area contributed by atoms with E-state index in [9.17, 15) is 13.2 Å².